The van der Waals surface area contributed by atoms with Gasteiger partial charge in [-0.05, 0) is 43.2 Å². The van der Waals surface area contributed by atoms with Gasteiger partial charge in [-0.2, -0.15) is 13.2 Å². The number of nitrogens with zero attached hydrogens (tertiary/aromatic N) is 2. The minimum Gasteiger partial charge on any atom is -0.370 e. The predicted octanol–water partition coefficient (Wildman–Crippen LogP) is 4.26. The van der Waals surface area contributed by atoms with Crippen molar-refractivity contribution < 1.29 is 13.2 Å². The van der Waals surface area contributed by atoms with Gasteiger partial charge in [0, 0.05) is 25.0 Å². The number of pyridine rings is 1. The molecule has 0 aliphatic carbocycles. The molecule has 26 heavy (non-hydrogen) atoms. The van der Waals surface area contributed by atoms with Crippen molar-refractivity contribution >= 4 is 41.4 Å². The smallest absolute Gasteiger partial charge is 0.370 e. The van der Waals surface area contributed by atoms with E-state index in [1.54, 1.807) is 0 Å². The first-order valence-corrected chi connectivity index (χ1v) is 7.75. The van der Waals surface area contributed by atoms with Crippen LogP contribution in [0.1, 0.15) is 17.5 Å². The van der Waals surface area contributed by atoms with E-state index in [9.17, 15) is 13.2 Å². The van der Waals surface area contributed by atoms with Crippen LogP contribution in [0.3, 0.4) is 0 Å². The van der Waals surface area contributed by atoms with Crippen molar-refractivity contribution in [3.63, 3.8) is 0 Å². The molecule has 0 aliphatic rings. The quantitative estimate of drug-likeness (QED) is 0.251. The molecule has 142 valence electrons. The molecule has 0 amide bonds. The first-order valence-electron chi connectivity index (χ1n) is 7.75. The summed E-state index contributed by atoms with van der Waals surface area (Å²) in [7, 11) is 0. The van der Waals surface area contributed by atoms with Crippen LogP contribution in [0.4, 0.5) is 24.7 Å². The zero-order valence-corrected chi connectivity index (χ0v) is 16.5. The van der Waals surface area contributed by atoms with Crippen molar-refractivity contribution in [2.24, 2.45) is 10.7 Å². The minimum atomic E-state index is -4.37. The third kappa shape index (κ3) is 7.46. The fourth-order valence-corrected chi connectivity index (χ4v) is 2.07. The number of alkyl halides is 3. The highest BCUT2D eigenvalue weighted by Crippen LogP contribution is 2.28. The fraction of sp³-hybridized carbons (Fsp3) is 0.294. The summed E-state index contributed by atoms with van der Waals surface area (Å²) in [6.07, 6.45) is -2.90. The predicted molar refractivity (Wildman–Crippen MR) is 109 cm³/mol. The van der Waals surface area contributed by atoms with Crippen LogP contribution < -0.4 is 16.4 Å². The van der Waals surface area contributed by atoms with E-state index in [-0.39, 0.29) is 24.0 Å². The molecular formula is C17H21F3IN5. The van der Waals surface area contributed by atoms with Crippen molar-refractivity contribution in [2.75, 3.05) is 23.7 Å². The van der Waals surface area contributed by atoms with Crippen molar-refractivity contribution in [3.05, 3.63) is 53.7 Å². The number of nitrogens with one attached hydrogen (secondary N) is 2. The molecule has 0 saturated heterocycles. The van der Waals surface area contributed by atoms with Gasteiger partial charge in [0.2, 0.25) is 0 Å². The minimum absolute atomic E-state index is 0. The van der Waals surface area contributed by atoms with Gasteiger partial charge in [0.25, 0.3) is 0 Å². The van der Waals surface area contributed by atoms with E-state index in [0.29, 0.717) is 31.3 Å². The molecule has 0 bridgehead atoms. The molecule has 2 rings (SSSR count). The maximum absolute atomic E-state index is 12.4. The number of hydrogen-bond acceptors (Lipinski definition) is 3. The summed E-state index contributed by atoms with van der Waals surface area (Å²) in [5.74, 6) is 0.709. The molecule has 9 heteroatoms. The second kappa shape index (κ2) is 10.2. The van der Waals surface area contributed by atoms with E-state index in [1.165, 1.54) is 6.07 Å². The number of anilines is 2. The molecule has 0 unspecified atom stereocenters. The summed E-state index contributed by atoms with van der Waals surface area (Å²) in [6, 6.07) is 10.1. The Kier molecular flexibility index (Phi) is 8.62. The van der Waals surface area contributed by atoms with Crippen LogP contribution in [-0.4, -0.2) is 24.0 Å². The van der Waals surface area contributed by atoms with Crippen LogP contribution in [0.2, 0.25) is 0 Å². The van der Waals surface area contributed by atoms with Crippen LogP contribution in [0.15, 0.2) is 47.6 Å². The van der Waals surface area contributed by atoms with Crippen LogP contribution in [-0.2, 0) is 6.18 Å². The molecule has 0 saturated carbocycles. The largest absolute Gasteiger partial charge is 0.417 e. The summed E-state index contributed by atoms with van der Waals surface area (Å²) < 4.78 is 37.3. The molecule has 4 N–H and O–H groups in total. The maximum Gasteiger partial charge on any atom is 0.417 e. The lowest BCUT2D eigenvalue weighted by Gasteiger charge is -2.08. The maximum atomic E-state index is 12.4. The van der Waals surface area contributed by atoms with Crippen molar-refractivity contribution in [1.29, 1.82) is 0 Å². The summed E-state index contributed by atoms with van der Waals surface area (Å²) in [5.41, 5.74) is 7.03. The number of guanidine groups is 1. The average Bonchev–Trinajstić information content (AvgIpc) is 2.54. The number of aryl methyl sites for hydroxylation is 1. The molecule has 2 aromatic rings. The van der Waals surface area contributed by atoms with Gasteiger partial charge in [0.15, 0.2) is 5.96 Å². The lowest BCUT2D eigenvalue weighted by Crippen LogP contribution is -2.23. The lowest BCUT2D eigenvalue weighted by molar-refractivity contribution is -0.137. The van der Waals surface area contributed by atoms with E-state index in [0.717, 1.165) is 23.5 Å². The molecular weight excluding hydrogens is 458 g/mol. The third-order valence-corrected chi connectivity index (χ3v) is 3.30. The fourth-order valence-electron chi connectivity index (χ4n) is 2.07. The van der Waals surface area contributed by atoms with E-state index >= 15 is 0 Å². The zero-order valence-electron chi connectivity index (χ0n) is 14.2. The van der Waals surface area contributed by atoms with Gasteiger partial charge in [0.05, 0.1) is 5.56 Å². The third-order valence-electron chi connectivity index (χ3n) is 3.30. The molecule has 1 aromatic carbocycles. The Morgan fingerprint density at radius 1 is 1.23 bits per heavy atom. The van der Waals surface area contributed by atoms with Gasteiger partial charge in [-0.15, -0.1) is 24.0 Å². The lowest BCUT2D eigenvalue weighted by atomic mass is 10.2. The first kappa shape index (κ1) is 22.0. The molecule has 0 fully saturated rings. The molecule has 0 spiro atoms. The van der Waals surface area contributed by atoms with Crippen molar-refractivity contribution in [2.45, 2.75) is 19.5 Å². The van der Waals surface area contributed by atoms with Gasteiger partial charge in [0.1, 0.15) is 5.82 Å². The Balaban J connectivity index is 0.00000338. The molecule has 1 aromatic heterocycles. The molecule has 1 heterocycles. The van der Waals surface area contributed by atoms with Crippen LogP contribution in [0.5, 0.6) is 0 Å². The summed E-state index contributed by atoms with van der Waals surface area (Å²) in [4.78, 5) is 7.94. The van der Waals surface area contributed by atoms with E-state index < -0.39 is 11.7 Å². The number of rotatable bonds is 6. The van der Waals surface area contributed by atoms with Gasteiger partial charge >= 0.3 is 6.18 Å². The standard InChI is InChI=1S/C17H20F3N5.HI/c1-12-4-2-5-14(10-12)25-16(21)23-9-3-8-22-15-7-6-13(11-24-15)17(18,19)20;/h2,4-7,10-11H,3,8-9H2,1H3,(H,22,24)(H3,21,23,25);1H. The number of aliphatic imine (C=N–C) groups is 1. The Bertz CT molecular complexity index is 717. The average molecular weight is 479 g/mol. The SMILES string of the molecule is Cc1cccc(NC(N)=NCCCNc2ccc(C(F)(F)F)cn2)c1.I. The van der Waals surface area contributed by atoms with Crippen molar-refractivity contribution in [1.82, 2.24) is 4.98 Å². The summed E-state index contributed by atoms with van der Waals surface area (Å²) >= 11 is 0. The van der Waals surface area contributed by atoms with E-state index in [2.05, 4.69) is 20.6 Å². The van der Waals surface area contributed by atoms with E-state index in [1.807, 2.05) is 31.2 Å². The summed E-state index contributed by atoms with van der Waals surface area (Å²) in [5, 5.41) is 5.95. The Hall–Kier alpha value is -2.04. The van der Waals surface area contributed by atoms with Crippen LogP contribution in [0.25, 0.3) is 0 Å². The number of halogens is 4. The number of aromatic nitrogens is 1. The highest BCUT2D eigenvalue weighted by Gasteiger charge is 2.30. The van der Waals surface area contributed by atoms with Crippen molar-refractivity contribution in [3.8, 4) is 0 Å². The van der Waals surface area contributed by atoms with Gasteiger partial charge in [-0.25, -0.2) is 4.98 Å². The van der Waals surface area contributed by atoms with E-state index in [4.69, 9.17) is 5.73 Å². The first-order chi connectivity index (χ1) is 11.8. The summed E-state index contributed by atoms with van der Waals surface area (Å²) in [6.45, 7) is 3.00. The highest BCUT2D eigenvalue weighted by molar-refractivity contribution is 14.0. The molecule has 5 nitrogen and oxygen atoms in total. The second-order valence-electron chi connectivity index (χ2n) is 5.47. The number of hydrogen-bond donors (Lipinski definition) is 3. The second-order valence-corrected chi connectivity index (χ2v) is 5.47. The molecule has 0 aliphatic heterocycles. The normalized spacial score (nSPS) is 11.6. The molecule has 0 atom stereocenters. The van der Waals surface area contributed by atoms with Gasteiger partial charge in [-0.1, -0.05) is 12.1 Å². The highest BCUT2D eigenvalue weighted by atomic mass is 127. The Labute approximate surface area is 167 Å². The van der Waals surface area contributed by atoms with Gasteiger partial charge in [-0.3, -0.25) is 4.99 Å². The Morgan fingerprint density at radius 3 is 2.62 bits per heavy atom. The molecule has 0 radical (unpaired) electrons. The Morgan fingerprint density at radius 2 is 2.00 bits per heavy atom. The topological polar surface area (TPSA) is 75.3 Å². The van der Waals surface area contributed by atoms with Gasteiger partial charge < -0.3 is 16.4 Å². The number of nitrogens with two attached hydrogens (primary N) is 1. The van der Waals surface area contributed by atoms with Crippen LogP contribution >= 0.6 is 24.0 Å². The number of benzene rings is 1. The zero-order chi connectivity index (χ0) is 18.3. The monoisotopic (exact) mass is 479 g/mol. The van der Waals surface area contributed by atoms with Crippen LogP contribution in [0, 0.1) is 6.92 Å².